The van der Waals surface area contributed by atoms with Crippen LogP contribution in [0.4, 0.5) is 5.82 Å². The van der Waals surface area contributed by atoms with Crippen molar-refractivity contribution in [2.24, 2.45) is 17.0 Å². The van der Waals surface area contributed by atoms with Crippen LogP contribution in [0.15, 0.2) is 22.2 Å². The van der Waals surface area contributed by atoms with E-state index < -0.39 is 17.6 Å². The van der Waals surface area contributed by atoms with E-state index in [1.165, 1.54) is 4.57 Å². The van der Waals surface area contributed by atoms with Crippen LogP contribution in [-0.2, 0) is 4.74 Å². The van der Waals surface area contributed by atoms with E-state index in [4.69, 9.17) is 16.0 Å². The van der Waals surface area contributed by atoms with E-state index in [1.807, 2.05) is 20.8 Å². The molecule has 2 rings (SSSR count). The third-order valence-electron chi connectivity index (χ3n) is 4.12. The van der Waals surface area contributed by atoms with E-state index in [1.54, 1.807) is 12.3 Å². The Hall–Kier alpha value is -2.05. The van der Waals surface area contributed by atoms with Crippen LogP contribution in [0, 0.1) is 11.8 Å². The molecular weight excluding hydrogens is 260 g/mol. The zero-order valence-electron chi connectivity index (χ0n) is 11.7. The van der Waals surface area contributed by atoms with Gasteiger partial charge < -0.3 is 10.5 Å². The van der Waals surface area contributed by atoms with Crippen molar-refractivity contribution >= 4 is 5.82 Å². The number of aromatic nitrogens is 2. The van der Waals surface area contributed by atoms with Gasteiger partial charge in [0.15, 0.2) is 5.72 Å². The van der Waals surface area contributed by atoms with Crippen LogP contribution in [-0.4, -0.2) is 15.3 Å². The molecule has 0 spiro atoms. The maximum atomic E-state index is 11.9. The van der Waals surface area contributed by atoms with E-state index >= 15 is 0 Å². The standard InChI is InChI=1S/C12H18N6O2/c1-4-12(16-17-14)8(3)7(2)10(20-12)18-6-5-9(13)15-11(18)19/h5-8,10H,4H2,1-3H3,(H2,13,15,19)/t7-,8+,10?,12-/m1/s1. The smallest absolute Gasteiger partial charge is 0.351 e. The molecule has 8 nitrogen and oxygen atoms in total. The number of nitrogens with zero attached hydrogens (tertiary/aromatic N) is 5. The molecule has 0 amide bonds. The zero-order chi connectivity index (χ0) is 14.9. The Kier molecular flexibility index (Phi) is 3.69. The fraction of sp³-hybridized carbons (Fsp3) is 0.667. The average molecular weight is 278 g/mol. The highest BCUT2D eigenvalue weighted by Crippen LogP contribution is 2.47. The molecule has 108 valence electrons. The van der Waals surface area contributed by atoms with Crippen LogP contribution in [0.2, 0.25) is 0 Å². The van der Waals surface area contributed by atoms with Crippen LogP contribution in [0.5, 0.6) is 0 Å². The highest BCUT2D eigenvalue weighted by Gasteiger charge is 2.50. The molecule has 0 saturated carbocycles. The van der Waals surface area contributed by atoms with E-state index in [0.717, 1.165) is 0 Å². The fourth-order valence-corrected chi connectivity index (χ4v) is 2.68. The van der Waals surface area contributed by atoms with Gasteiger partial charge in [-0.05, 0) is 23.9 Å². The molecule has 1 saturated heterocycles. The summed E-state index contributed by atoms with van der Waals surface area (Å²) in [5.41, 5.74) is 12.8. The Morgan fingerprint density at radius 1 is 1.65 bits per heavy atom. The van der Waals surface area contributed by atoms with E-state index in [-0.39, 0.29) is 17.7 Å². The molecule has 0 aromatic carbocycles. The summed E-state index contributed by atoms with van der Waals surface area (Å²) in [7, 11) is 0. The Balaban J connectivity index is 2.45. The first-order chi connectivity index (χ1) is 9.45. The van der Waals surface area contributed by atoms with Crippen LogP contribution >= 0.6 is 0 Å². The lowest BCUT2D eigenvalue weighted by atomic mass is 9.87. The minimum absolute atomic E-state index is 0.00331. The first kappa shape index (κ1) is 14.4. The lowest BCUT2D eigenvalue weighted by Gasteiger charge is -2.26. The topological polar surface area (TPSA) is 119 Å². The van der Waals surface area contributed by atoms with Gasteiger partial charge in [-0.3, -0.25) is 4.57 Å². The number of nitrogens with two attached hydrogens (primary N) is 1. The summed E-state index contributed by atoms with van der Waals surface area (Å²) in [4.78, 5) is 18.5. The summed E-state index contributed by atoms with van der Waals surface area (Å²) in [6, 6.07) is 1.54. The van der Waals surface area contributed by atoms with Crippen LogP contribution in [0.25, 0.3) is 10.4 Å². The van der Waals surface area contributed by atoms with Gasteiger partial charge in [-0.15, -0.1) is 0 Å². The van der Waals surface area contributed by atoms with Crippen molar-refractivity contribution in [3.63, 3.8) is 0 Å². The number of azide groups is 1. The molecule has 1 aromatic rings. The molecule has 0 radical (unpaired) electrons. The summed E-state index contributed by atoms with van der Waals surface area (Å²) in [5.74, 6) is 0.156. The van der Waals surface area contributed by atoms with Gasteiger partial charge in [-0.2, -0.15) is 4.98 Å². The Bertz CT molecular complexity index is 608. The largest absolute Gasteiger partial charge is 0.383 e. The molecule has 1 aliphatic heterocycles. The Labute approximate surface area is 116 Å². The van der Waals surface area contributed by atoms with Gasteiger partial charge in [0.1, 0.15) is 12.0 Å². The molecule has 4 atom stereocenters. The van der Waals surface area contributed by atoms with Crippen molar-refractivity contribution in [2.75, 3.05) is 5.73 Å². The molecule has 8 heteroatoms. The van der Waals surface area contributed by atoms with Crippen molar-refractivity contribution in [3.8, 4) is 0 Å². The van der Waals surface area contributed by atoms with Crippen LogP contribution < -0.4 is 11.4 Å². The SMILES string of the molecule is CC[C@@]1(N=[N+]=[N-])OC(n2ccc(N)nc2=O)[C@H](C)[C@@H]1C. The maximum absolute atomic E-state index is 11.9. The number of nitrogen functional groups attached to an aromatic ring is 1. The molecular formula is C12H18N6O2. The number of rotatable bonds is 3. The predicted octanol–water partition coefficient (Wildman–Crippen LogP) is 2.04. The van der Waals surface area contributed by atoms with E-state index in [2.05, 4.69) is 15.0 Å². The van der Waals surface area contributed by atoms with Gasteiger partial charge in [0.25, 0.3) is 0 Å². The highest BCUT2D eigenvalue weighted by atomic mass is 16.5. The molecule has 2 heterocycles. The zero-order valence-corrected chi connectivity index (χ0v) is 11.7. The number of anilines is 1. The fourth-order valence-electron chi connectivity index (χ4n) is 2.68. The second-order valence-corrected chi connectivity index (χ2v) is 5.09. The van der Waals surface area contributed by atoms with Crippen molar-refractivity contribution in [1.29, 1.82) is 0 Å². The molecule has 1 fully saturated rings. The lowest BCUT2D eigenvalue weighted by Crippen LogP contribution is -2.32. The van der Waals surface area contributed by atoms with Crippen molar-refractivity contribution in [3.05, 3.63) is 33.2 Å². The molecule has 1 aromatic heterocycles. The maximum Gasteiger partial charge on any atom is 0.351 e. The summed E-state index contributed by atoms with van der Waals surface area (Å²) >= 11 is 0. The van der Waals surface area contributed by atoms with Crippen molar-refractivity contribution < 1.29 is 4.74 Å². The molecule has 1 aliphatic rings. The van der Waals surface area contributed by atoms with Gasteiger partial charge in [0.05, 0.1) is 0 Å². The minimum atomic E-state index is -0.931. The normalized spacial score (nSPS) is 32.9. The average Bonchev–Trinajstić information content (AvgIpc) is 2.65. The Morgan fingerprint density at radius 2 is 2.35 bits per heavy atom. The number of hydrogen-bond acceptors (Lipinski definition) is 5. The first-order valence-corrected chi connectivity index (χ1v) is 6.54. The molecule has 0 aliphatic carbocycles. The monoisotopic (exact) mass is 278 g/mol. The first-order valence-electron chi connectivity index (χ1n) is 6.54. The predicted molar refractivity (Wildman–Crippen MR) is 73.5 cm³/mol. The van der Waals surface area contributed by atoms with Gasteiger partial charge in [-0.1, -0.05) is 25.9 Å². The van der Waals surface area contributed by atoms with Gasteiger partial charge in [-0.25, -0.2) is 4.79 Å². The van der Waals surface area contributed by atoms with Gasteiger partial charge in [0.2, 0.25) is 0 Å². The number of ether oxygens (including phenoxy) is 1. The van der Waals surface area contributed by atoms with Crippen molar-refractivity contribution in [2.45, 2.75) is 39.1 Å². The van der Waals surface area contributed by atoms with Crippen molar-refractivity contribution in [1.82, 2.24) is 9.55 Å². The summed E-state index contributed by atoms with van der Waals surface area (Å²) in [6.07, 6.45) is 1.58. The number of hydrogen-bond donors (Lipinski definition) is 1. The molecule has 1 unspecified atom stereocenters. The van der Waals surface area contributed by atoms with Gasteiger partial charge >= 0.3 is 5.69 Å². The second kappa shape index (κ2) is 5.15. The third kappa shape index (κ3) is 2.13. The summed E-state index contributed by atoms with van der Waals surface area (Å²) < 4.78 is 7.32. The Morgan fingerprint density at radius 3 is 2.90 bits per heavy atom. The quantitative estimate of drug-likeness (QED) is 0.516. The van der Waals surface area contributed by atoms with Crippen LogP contribution in [0.1, 0.15) is 33.4 Å². The van der Waals surface area contributed by atoms with Crippen LogP contribution in [0.3, 0.4) is 0 Å². The lowest BCUT2D eigenvalue weighted by molar-refractivity contribution is -0.0858. The highest BCUT2D eigenvalue weighted by molar-refractivity contribution is 5.23. The third-order valence-corrected chi connectivity index (χ3v) is 4.12. The van der Waals surface area contributed by atoms with E-state index in [0.29, 0.717) is 6.42 Å². The molecule has 20 heavy (non-hydrogen) atoms. The van der Waals surface area contributed by atoms with E-state index in [9.17, 15) is 4.79 Å². The second-order valence-electron chi connectivity index (χ2n) is 5.09. The molecule has 2 N–H and O–H groups in total. The van der Waals surface area contributed by atoms with Gasteiger partial charge in [0, 0.05) is 17.0 Å². The summed E-state index contributed by atoms with van der Waals surface area (Å²) in [6.45, 7) is 5.81. The molecule has 0 bridgehead atoms. The summed E-state index contributed by atoms with van der Waals surface area (Å²) in [5, 5.41) is 3.83. The minimum Gasteiger partial charge on any atom is -0.383 e.